The van der Waals surface area contributed by atoms with E-state index < -0.39 is 51.0 Å². The Kier molecular flexibility index (Phi) is 8.97. The molecule has 0 aromatic heterocycles. The molecule has 1 aromatic carbocycles. The highest BCUT2D eigenvalue weighted by Gasteiger charge is 2.76. The van der Waals surface area contributed by atoms with Gasteiger partial charge in [0.2, 0.25) is 0 Å². The van der Waals surface area contributed by atoms with Gasteiger partial charge in [-0.1, -0.05) is 49.3 Å². The minimum absolute atomic E-state index is 0.00549. The molecule has 3 aliphatic rings. The van der Waals surface area contributed by atoms with Gasteiger partial charge in [-0.15, -0.1) is 0 Å². The Hall–Kier alpha value is -3.45. The van der Waals surface area contributed by atoms with Gasteiger partial charge in [0, 0.05) is 12.0 Å². The fourth-order valence-electron chi connectivity index (χ4n) is 7.73. The summed E-state index contributed by atoms with van der Waals surface area (Å²) in [6, 6.07) is 3.67. The predicted octanol–water partition coefficient (Wildman–Crippen LogP) is 7.56. The van der Waals surface area contributed by atoms with Crippen molar-refractivity contribution in [2.45, 2.75) is 106 Å². The Morgan fingerprint density at radius 1 is 1.04 bits per heavy atom. The molecule has 244 valence electrons. The molecule has 7 heteroatoms. The lowest BCUT2D eigenvalue weighted by molar-refractivity contribution is -0.167. The van der Waals surface area contributed by atoms with Crippen molar-refractivity contribution >= 4 is 17.3 Å². The van der Waals surface area contributed by atoms with E-state index in [9.17, 15) is 20.1 Å². The molecule has 3 N–H and O–H groups in total. The monoisotopic (exact) mass is 618 g/mol. The maximum Gasteiger partial charge on any atom is 0.200 e. The number of aromatic hydroxyl groups is 2. The van der Waals surface area contributed by atoms with E-state index in [4.69, 9.17) is 4.74 Å². The number of ketones is 3. The Morgan fingerprint density at radius 2 is 1.67 bits per heavy atom. The lowest BCUT2D eigenvalue weighted by Crippen LogP contribution is -2.66. The highest BCUT2D eigenvalue weighted by molar-refractivity contribution is 6.35. The molecular formula is C38H50O7. The van der Waals surface area contributed by atoms with E-state index in [2.05, 4.69) is 18.7 Å². The van der Waals surface area contributed by atoms with Crippen LogP contribution in [0.25, 0.3) is 0 Å². The number of phenols is 2. The molecule has 7 nitrogen and oxygen atoms in total. The van der Waals surface area contributed by atoms with Crippen LogP contribution in [-0.4, -0.2) is 44.4 Å². The van der Waals surface area contributed by atoms with Gasteiger partial charge in [0.15, 0.2) is 28.8 Å². The number of fused-ring (bicyclic) bond motifs is 1. The molecule has 1 aromatic rings. The van der Waals surface area contributed by atoms with Crippen molar-refractivity contribution in [1.29, 1.82) is 0 Å². The summed E-state index contributed by atoms with van der Waals surface area (Å²) in [5.41, 5.74) is -2.12. The lowest BCUT2D eigenvalue weighted by Gasteiger charge is -2.59. The number of Topliss-reactive ketones (excluding diaryl/α,β-unsaturated/α-hetero) is 3. The molecule has 1 heterocycles. The first kappa shape index (κ1) is 34.4. The molecule has 2 fully saturated rings. The van der Waals surface area contributed by atoms with E-state index in [1.807, 2.05) is 48.5 Å². The van der Waals surface area contributed by atoms with Crippen LogP contribution in [0.2, 0.25) is 0 Å². The minimum atomic E-state index is -1.53. The van der Waals surface area contributed by atoms with Gasteiger partial charge in [-0.3, -0.25) is 14.4 Å². The van der Waals surface area contributed by atoms with Gasteiger partial charge in [-0.25, -0.2) is 0 Å². The Balaban J connectivity index is 2.07. The van der Waals surface area contributed by atoms with Crippen molar-refractivity contribution in [2.24, 2.45) is 28.1 Å². The number of carbonyl (C=O) groups is 3. The van der Waals surface area contributed by atoms with Crippen LogP contribution in [0, 0.1) is 28.1 Å². The topological polar surface area (TPSA) is 121 Å². The van der Waals surface area contributed by atoms with Gasteiger partial charge in [-0.05, 0) is 110 Å². The number of hydrogen-bond acceptors (Lipinski definition) is 7. The second kappa shape index (κ2) is 11.7. The van der Waals surface area contributed by atoms with E-state index in [-0.39, 0.29) is 53.8 Å². The first-order chi connectivity index (χ1) is 20.7. The van der Waals surface area contributed by atoms with Crippen LogP contribution in [0.1, 0.15) is 105 Å². The first-order valence-corrected chi connectivity index (χ1v) is 15.9. The van der Waals surface area contributed by atoms with Crippen molar-refractivity contribution in [3.63, 3.8) is 0 Å². The average Bonchev–Trinajstić information content (AvgIpc) is 3.34. The highest BCUT2D eigenvalue weighted by atomic mass is 16.5. The Labute approximate surface area is 267 Å². The maximum atomic E-state index is 15.4. The van der Waals surface area contributed by atoms with E-state index in [0.717, 1.165) is 22.8 Å². The summed E-state index contributed by atoms with van der Waals surface area (Å²) < 4.78 is 6.46. The second-order valence-electron chi connectivity index (χ2n) is 15.3. The van der Waals surface area contributed by atoms with Crippen LogP contribution in [0.15, 0.2) is 65.0 Å². The molecule has 1 saturated heterocycles. The zero-order chi connectivity index (χ0) is 33.9. The summed E-state index contributed by atoms with van der Waals surface area (Å²) in [5, 5.41) is 31.4. The molecule has 1 saturated carbocycles. The number of phenolic OH excluding ortho intramolecular Hbond substituents is 2. The number of rotatable bonds is 10. The third-order valence-electron chi connectivity index (χ3n) is 10.7. The molecule has 4 rings (SSSR count). The minimum Gasteiger partial charge on any atom is -0.504 e. The van der Waals surface area contributed by atoms with Crippen molar-refractivity contribution in [3.05, 3.63) is 70.5 Å². The number of hydrogen-bond donors (Lipinski definition) is 3. The zero-order valence-corrected chi connectivity index (χ0v) is 28.3. The van der Waals surface area contributed by atoms with Crippen molar-refractivity contribution < 1.29 is 34.4 Å². The molecule has 1 aliphatic heterocycles. The number of aliphatic hydroxyl groups is 1. The average molecular weight is 619 g/mol. The summed E-state index contributed by atoms with van der Waals surface area (Å²) in [5.74, 6) is -2.68. The van der Waals surface area contributed by atoms with E-state index >= 15 is 9.59 Å². The summed E-state index contributed by atoms with van der Waals surface area (Å²) in [6.07, 6.45) is 5.22. The smallest absolute Gasteiger partial charge is 0.200 e. The van der Waals surface area contributed by atoms with E-state index in [1.165, 1.54) is 12.1 Å². The number of benzene rings is 1. The zero-order valence-electron chi connectivity index (χ0n) is 28.3. The third kappa shape index (κ3) is 5.62. The van der Waals surface area contributed by atoms with E-state index in [1.54, 1.807) is 13.8 Å². The third-order valence-corrected chi connectivity index (χ3v) is 10.7. The fraction of sp³-hybridized carbons (Fsp3) is 0.553. The molecule has 5 atom stereocenters. The van der Waals surface area contributed by atoms with Crippen LogP contribution in [0.5, 0.6) is 11.5 Å². The van der Waals surface area contributed by atoms with Crippen LogP contribution in [0.4, 0.5) is 0 Å². The fourth-order valence-corrected chi connectivity index (χ4v) is 7.73. The number of ether oxygens (including phenoxy) is 1. The molecule has 0 radical (unpaired) electrons. The Morgan fingerprint density at radius 3 is 2.20 bits per heavy atom. The molecule has 45 heavy (non-hydrogen) atoms. The van der Waals surface area contributed by atoms with Crippen molar-refractivity contribution in [1.82, 2.24) is 0 Å². The molecule has 1 spiro atoms. The summed E-state index contributed by atoms with van der Waals surface area (Å²) in [4.78, 5) is 44.9. The van der Waals surface area contributed by atoms with Gasteiger partial charge < -0.3 is 20.1 Å². The van der Waals surface area contributed by atoms with Gasteiger partial charge in [0.1, 0.15) is 17.4 Å². The standard InChI is InChI=1S/C38H50O7/c1-21(2)11-13-25(23(5)6)18-37-19-26(15-12-22(3)4)35(7,8)38(34(37)43)20-29(36(9,10)44)45-33(38)30(32(37)42)31(41)24-14-16-27(39)28(40)17-24/h11-12,14,16-17,25-26,29,39-40,44H,5,13,15,18-20H2,1-4,6-10H3/t25?,26-,29+,37+,38-/m0/s1. The first-order valence-electron chi connectivity index (χ1n) is 15.9. The van der Waals surface area contributed by atoms with Crippen LogP contribution in [0.3, 0.4) is 0 Å². The number of allylic oxidation sites excluding steroid dienone is 7. The molecule has 1 unspecified atom stereocenters. The van der Waals surface area contributed by atoms with Crippen LogP contribution < -0.4 is 0 Å². The molecule has 2 aliphatic carbocycles. The summed E-state index contributed by atoms with van der Waals surface area (Å²) >= 11 is 0. The highest BCUT2D eigenvalue weighted by Crippen LogP contribution is 2.70. The van der Waals surface area contributed by atoms with Crippen molar-refractivity contribution in [2.75, 3.05) is 0 Å². The largest absolute Gasteiger partial charge is 0.504 e. The van der Waals surface area contributed by atoms with Gasteiger partial charge >= 0.3 is 0 Å². The molecular weight excluding hydrogens is 568 g/mol. The summed E-state index contributed by atoms with van der Waals surface area (Å²) in [7, 11) is 0. The maximum absolute atomic E-state index is 15.4. The van der Waals surface area contributed by atoms with Crippen molar-refractivity contribution in [3.8, 4) is 11.5 Å². The normalized spacial score (nSPS) is 27.8. The molecule has 0 amide bonds. The van der Waals surface area contributed by atoms with E-state index in [0.29, 0.717) is 12.8 Å². The van der Waals surface area contributed by atoms with Gasteiger partial charge in [-0.2, -0.15) is 0 Å². The molecule has 2 bridgehead atoms. The second-order valence-corrected chi connectivity index (χ2v) is 15.3. The quantitative estimate of drug-likeness (QED) is 0.0813. The van der Waals surface area contributed by atoms with Crippen LogP contribution >= 0.6 is 0 Å². The summed E-state index contributed by atoms with van der Waals surface area (Å²) in [6.45, 7) is 21.5. The van der Waals surface area contributed by atoms with Gasteiger partial charge in [0.05, 0.1) is 16.4 Å². The number of carbonyl (C=O) groups excluding carboxylic acids is 3. The lowest BCUT2D eigenvalue weighted by atomic mass is 9.40. The van der Waals surface area contributed by atoms with Crippen LogP contribution in [-0.2, 0) is 14.3 Å². The Bertz CT molecular complexity index is 1520. The van der Waals surface area contributed by atoms with Gasteiger partial charge in [0.25, 0.3) is 0 Å². The SMILES string of the molecule is C=C(C)C(CC=C(C)C)C[C@@]12C[C@H](CC=C(C)C)C(C)(C)[C@]3(C[C@H](C(C)(C)O)OC3=C(C(=O)c3ccc(O)c(O)c3)C1=O)C2=O. The predicted molar refractivity (Wildman–Crippen MR) is 175 cm³/mol.